The van der Waals surface area contributed by atoms with Gasteiger partial charge < -0.3 is 4.74 Å². The molecule has 0 saturated heterocycles. The second-order valence-electron chi connectivity index (χ2n) is 5.73. The molecule has 0 fully saturated rings. The van der Waals surface area contributed by atoms with Crippen LogP contribution in [0.5, 0.6) is 5.75 Å². The fraction of sp³-hybridized carbons (Fsp3) is 0.278. The second-order valence-corrected chi connectivity index (χ2v) is 6.12. The highest BCUT2D eigenvalue weighted by Crippen LogP contribution is 2.27. The van der Waals surface area contributed by atoms with Gasteiger partial charge in [0.2, 0.25) is 4.77 Å². The molecule has 1 heterocycles. The Hall–Kier alpha value is -2.47. The van der Waals surface area contributed by atoms with Crippen LogP contribution in [0.3, 0.4) is 0 Å². The average Bonchev–Trinajstić information content (AvgIpc) is 2.95. The summed E-state index contributed by atoms with van der Waals surface area (Å²) in [5, 5.41) is 13.8. The summed E-state index contributed by atoms with van der Waals surface area (Å²) in [7, 11) is 0. The van der Waals surface area contributed by atoms with Crippen molar-refractivity contribution < 1.29 is 4.74 Å². The van der Waals surface area contributed by atoms with Crippen molar-refractivity contribution >= 4 is 29.2 Å². The van der Waals surface area contributed by atoms with Crippen LogP contribution < -0.4 is 4.74 Å². The van der Waals surface area contributed by atoms with Gasteiger partial charge in [0, 0.05) is 11.5 Å². The number of aromatic nitrogens is 3. The van der Waals surface area contributed by atoms with Gasteiger partial charge in [0.25, 0.3) is 0 Å². The Morgan fingerprint density at radius 2 is 2.08 bits per heavy atom. The molecule has 0 amide bonds. The van der Waals surface area contributed by atoms with Crippen LogP contribution in [0.2, 0.25) is 0 Å². The molecule has 0 radical (unpaired) electrons. The number of ether oxygens (including phenoxy) is 1. The van der Waals surface area contributed by atoms with Crippen LogP contribution in [0.25, 0.3) is 10.8 Å². The average molecular weight is 340 g/mol. The lowest BCUT2D eigenvalue weighted by atomic mass is 10.0. The van der Waals surface area contributed by atoms with Gasteiger partial charge in [0.1, 0.15) is 5.75 Å². The van der Waals surface area contributed by atoms with Gasteiger partial charge in [-0.2, -0.15) is 14.9 Å². The predicted octanol–water partition coefficient (Wildman–Crippen LogP) is 4.50. The molecule has 124 valence electrons. The van der Waals surface area contributed by atoms with E-state index in [2.05, 4.69) is 47.3 Å². The number of benzene rings is 2. The third-order valence-corrected chi connectivity index (χ3v) is 3.99. The summed E-state index contributed by atoms with van der Waals surface area (Å²) >= 11 is 5.29. The number of nitrogens with one attached hydrogen (secondary N) is 1. The van der Waals surface area contributed by atoms with Crippen molar-refractivity contribution in [1.82, 2.24) is 14.9 Å². The molecule has 0 unspecified atom stereocenters. The molecule has 1 aromatic heterocycles. The molecule has 0 aliphatic carbocycles. The molecule has 0 spiro atoms. The summed E-state index contributed by atoms with van der Waals surface area (Å²) in [5.74, 6) is 1.82. The lowest BCUT2D eigenvalue weighted by Gasteiger charge is -2.10. The van der Waals surface area contributed by atoms with Crippen LogP contribution in [0.4, 0.5) is 0 Å². The van der Waals surface area contributed by atoms with Crippen molar-refractivity contribution in [1.29, 1.82) is 0 Å². The van der Waals surface area contributed by atoms with E-state index in [0.29, 0.717) is 11.4 Å². The highest BCUT2D eigenvalue weighted by molar-refractivity contribution is 7.71. The number of rotatable bonds is 5. The third kappa shape index (κ3) is 3.10. The molecule has 3 aromatic rings. The van der Waals surface area contributed by atoms with Gasteiger partial charge in [0.15, 0.2) is 5.82 Å². The molecule has 6 heteroatoms. The minimum Gasteiger partial charge on any atom is -0.493 e. The SMILES string of the molecule is CCOc1ccc2ccccc2c1/C=N/n1c(C(C)C)n[nH]c1=S. The van der Waals surface area contributed by atoms with Crippen LogP contribution in [0, 0.1) is 4.77 Å². The minimum atomic E-state index is 0.217. The molecule has 24 heavy (non-hydrogen) atoms. The lowest BCUT2D eigenvalue weighted by Crippen LogP contribution is -2.02. The van der Waals surface area contributed by atoms with E-state index in [0.717, 1.165) is 27.9 Å². The molecule has 2 aromatic carbocycles. The van der Waals surface area contributed by atoms with Crippen LogP contribution >= 0.6 is 12.2 Å². The molecule has 0 bridgehead atoms. The summed E-state index contributed by atoms with van der Waals surface area (Å²) in [6, 6.07) is 12.2. The normalized spacial score (nSPS) is 11.7. The maximum absolute atomic E-state index is 5.77. The fourth-order valence-corrected chi connectivity index (χ4v) is 2.78. The van der Waals surface area contributed by atoms with Crippen molar-refractivity contribution in [3.63, 3.8) is 0 Å². The van der Waals surface area contributed by atoms with Gasteiger partial charge in [0.05, 0.1) is 12.8 Å². The van der Waals surface area contributed by atoms with Crippen LogP contribution in [0.15, 0.2) is 41.5 Å². The molecule has 0 aliphatic rings. The number of H-pyrrole nitrogens is 1. The Morgan fingerprint density at radius 3 is 2.83 bits per heavy atom. The van der Waals surface area contributed by atoms with Gasteiger partial charge in [-0.3, -0.25) is 5.10 Å². The molecular weight excluding hydrogens is 320 g/mol. The van der Waals surface area contributed by atoms with Crippen molar-refractivity contribution in [2.24, 2.45) is 5.10 Å². The monoisotopic (exact) mass is 340 g/mol. The first-order valence-electron chi connectivity index (χ1n) is 7.98. The Morgan fingerprint density at radius 1 is 1.29 bits per heavy atom. The number of nitrogens with zero attached hydrogens (tertiary/aromatic N) is 3. The number of hydrogen-bond acceptors (Lipinski definition) is 4. The van der Waals surface area contributed by atoms with Crippen molar-refractivity contribution in [2.45, 2.75) is 26.7 Å². The summed E-state index contributed by atoms with van der Waals surface area (Å²) in [5.41, 5.74) is 0.938. The zero-order chi connectivity index (χ0) is 17.1. The van der Waals surface area contributed by atoms with Crippen LogP contribution in [0.1, 0.15) is 38.1 Å². The molecule has 0 aliphatic heterocycles. The van der Waals surface area contributed by atoms with Crippen molar-refractivity contribution in [3.05, 3.63) is 52.6 Å². The van der Waals surface area contributed by atoms with E-state index < -0.39 is 0 Å². The third-order valence-electron chi connectivity index (χ3n) is 3.72. The van der Waals surface area contributed by atoms with E-state index in [-0.39, 0.29) is 5.92 Å². The number of fused-ring (bicyclic) bond motifs is 1. The largest absolute Gasteiger partial charge is 0.493 e. The maximum Gasteiger partial charge on any atom is 0.216 e. The predicted molar refractivity (Wildman–Crippen MR) is 99.6 cm³/mol. The molecule has 1 N–H and O–H groups in total. The molecule has 0 atom stereocenters. The quantitative estimate of drug-likeness (QED) is 0.549. The van der Waals surface area contributed by atoms with Crippen molar-refractivity contribution in [3.8, 4) is 5.75 Å². The first-order chi connectivity index (χ1) is 11.6. The van der Waals surface area contributed by atoms with E-state index >= 15 is 0 Å². The van der Waals surface area contributed by atoms with E-state index in [9.17, 15) is 0 Å². The summed E-state index contributed by atoms with van der Waals surface area (Å²) in [6.07, 6.45) is 1.80. The molecule has 0 saturated carbocycles. The van der Waals surface area contributed by atoms with Gasteiger partial charge in [-0.05, 0) is 36.0 Å². The Kier molecular flexibility index (Phi) is 4.76. The highest BCUT2D eigenvalue weighted by atomic mass is 32.1. The van der Waals surface area contributed by atoms with Gasteiger partial charge in [-0.15, -0.1) is 0 Å². The smallest absolute Gasteiger partial charge is 0.216 e. The molecule has 5 nitrogen and oxygen atoms in total. The first-order valence-corrected chi connectivity index (χ1v) is 8.38. The van der Waals surface area contributed by atoms with E-state index in [1.807, 2.05) is 25.1 Å². The minimum absolute atomic E-state index is 0.217. The van der Waals surface area contributed by atoms with E-state index in [1.54, 1.807) is 10.9 Å². The maximum atomic E-state index is 5.77. The van der Waals surface area contributed by atoms with Crippen LogP contribution in [-0.4, -0.2) is 27.7 Å². The lowest BCUT2D eigenvalue weighted by molar-refractivity contribution is 0.340. The Balaban J connectivity index is 2.14. The Labute approximate surface area is 146 Å². The second kappa shape index (κ2) is 6.97. The van der Waals surface area contributed by atoms with Crippen molar-refractivity contribution in [2.75, 3.05) is 6.61 Å². The summed E-state index contributed by atoms with van der Waals surface area (Å²) < 4.78 is 7.92. The van der Waals surface area contributed by atoms with Crippen LogP contribution in [-0.2, 0) is 0 Å². The van der Waals surface area contributed by atoms with E-state index in [1.165, 1.54) is 0 Å². The molecular formula is C18H20N4OS. The fourth-order valence-electron chi connectivity index (χ4n) is 2.59. The standard InChI is InChI=1S/C18H20N4OS/c1-4-23-16-10-9-13-7-5-6-8-14(13)15(16)11-19-22-17(12(2)3)20-21-18(22)24/h5-12H,4H2,1-3H3,(H,21,24)/b19-11+. The zero-order valence-electron chi connectivity index (χ0n) is 14.0. The van der Waals surface area contributed by atoms with E-state index in [4.69, 9.17) is 17.0 Å². The first kappa shape index (κ1) is 16.4. The summed E-state index contributed by atoms with van der Waals surface area (Å²) in [6.45, 7) is 6.68. The number of hydrogen-bond donors (Lipinski definition) is 1. The summed E-state index contributed by atoms with van der Waals surface area (Å²) in [4.78, 5) is 0. The topological polar surface area (TPSA) is 55.2 Å². The van der Waals surface area contributed by atoms with Gasteiger partial charge >= 0.3 is 0 Å². The van der Waals surface area contributed by atoms with Gasteiger partial charge in [-0.25, -0.2) is 0 Å². The molecule has 3 rings (SSSR count). The number of aromatic amines is 1. The zero-order valence-corrected chi connectivity index (χ0v) is 14.8. The van der Waals surface area contributed by atoms with Gasteiger partial charge in [-0.1, -0.05) is 44.2 Å². The Bertz CT molecular complexity index is 940. The highest BCUT2D eigenvalue weighted by Gasteiger charge is 2.10.